The van der Waals surface area contributed by atoms with Crippen LogP contribution in [0.1, 0.15) is 68.3 Å². The van der Waals surface area contributed by atoms with Gasteiger partial charge in [-0.3, -0.25) is 30.6 Å². The van der Waals surface area contributed by atoms with E-state index in [0.29, 0.717) is 0 Å². The van der Waals surface area contributed by atoms with Gasteiger partial charge in [0.2, 0.25) is 0 Å². The number of H-pyrrole nitrogens is 6. The van der Waals surface area contributed by atoms with E-state index < -0.39 is 21.6 Å². The zero-order chi connectivity index (χ0) is 34.5. The van der Waals surface area contributed by atoms with Gasteiger partial charge in [0, 0.05) is 34.2 Å². The summed E-state index contributed by atoms with van der Waals surface area (Å²) in [7, 11) is -9.65. The molecule has 48 heavy (non-hydrogen) atoms. The highest BCUT2D eigenvalue weighted by atomic mass is 31.3. The average Bonchev–Trinajstić information content (AvgIpc) is 3.85. The number of aryl methyl sites for hydroxylation is 12. The van der Waals surface area contributed by atoms with Crippen LogP contribution in [0.25, 0.3) is 0 Å². The van der Waals surface area contributed by atoms with Crippen LogP contribution < -0.4 is 31.8 Å². The van der Waals surface area contributed by atoms with Crippen LogP contribution in [0.2, 0.25) is 0 Å². The highest BCUT2D eigenvalue weighted by Gasteiger charge is 2.50. The fraction of sp³-hybridized carbons (Fsp3) is 0.400. The molecule has 252 valence electrons. The van der Waals surface area contributed by atoms with Gasteiger partial charge in [0.1, 0.15) is 21.6 Å². The van der Waals surface area contributed by atoms with E-state index in [1.54, 1.807) is 0 Å². The summed E-state index contributed by atoms with van der Waals surface area (Å²) in [6.45, 7) is 24.6. The largest absolute Gasteiger partial charge is 0.282 e. The Morgan fingerprint density at radius 2 is 0.417 bits per heavy atom. The van der Waals surface area contributed by atoms with E-state index in [4.69, 9.17) is 44.1 Å². The maximum Gasteiger partial charge on any atom is 0.145 e. The van der Waals surface area contributed by atoms with Crippen LogP contribution >= 0.6 is 21.6 Å². The molecule has 0 atom stereocenters. The summed E-state index contributed by atoms with van der Waals surface area (Å²) in [5.74, 6) is 0. The standard InChI is InChI=1S/C30H42N15P3/c1-13-25(14(2)32-31-13)46(26-15(3)33-34-16(26)4)43-47(27-17(5)35-36-18(27)6,28-19(7)37-38-20(28)8)45-48(44-46,29-21(9)39-40-22(29)10)30-23(11)41-42-24(30)12/h1-12H3,(H,31,32)(H,33,34)(H,35,36)(H,37,38)(H,39,40)(H,41,42). The van der Waals surface area contributed by atoms with Crippen molar-refractivity contribution in [3.63, 3.8) is 0 Å². The summed E-state index contributed by atoms with van der Waals surface area (Å²) in [6.07, 6.45) is 0. The van der Waals surface area contributed by atoms with Crippen molar-refractivity contribution < 1.29 is 0 Å². The molecule has 0 aliphatic carbocycles. The average molecular weight is 706 g/mol. The Bertz CT molecular complexity index is 1880. The molecule has 0 bridgehead atoms. The van der Waals surface area contributed by atoms with Crippen molar-refractivity contribution in [3.8, 4) is 0 Å². The monoisotopic (exact) mass is 705 g/mol. The molecule has 7 heterocycles. The molecule has 6 N–H and O–H groups in total. The van der Waals surface area contributed by atoms with E-state index in [1.165, 1.54) is 0 Å². The van der Waals surface area contributed by atoms with Crippen LogP contribution in [-0.4, -0.2) is 61.2 Å². The van der Waals surface area contributed by atoms with E-state index in [2.05, 4.69) is 72.1 Å². The van der Waals surface area contributed by atoms with Gasteiger partial charge >= 0.3 is 0 Å². The summed E-state index contributed by atoms with van der Waals surface area (Å²) < 4.78 is 18.8. The van der Waals surface area contributed by atoms with Crippen LogP contribution in [0.3, 0.4) is 0 Å². The first-order chi connectivity index (χ1) is 22.7. The number of nitrogens with zero attached hydrogens (tertiary/aromatic N) is 9. The third-order valence-electron chi connectivity index (χ3n) is 9.18. The minimum Gasteiger partial charge on any atom is -0.282 e. The molecule has 0 unspecified atom stereocenters. The minimum absolute atomic E-state index is 0.842. The predicted molar refractivity (Wildman–Crippen MR) is 194 cm³/mol. The molecule has 0 radical (unpaired) electrons. The minimum atomic E-state index is -3.22. The second-order valence-electron chi connectivity index (χ2n) is 12.8. The van der Waals surface area contributed by atoms with Crippen molar-refractivity contribution in [3.05, 3.63) is 68.3 Å². The van der Waals surface area contributed by atoms with Crippen LogP contribution in [0.5, 0.6) is 0 Å². The maximum absolute atomic E-state index is 6.25. The van der Waals surface area contributed by atoms with Crippen LogP contribution in [0.4, 0.5) is 0 Å². The molecule has 7 rings (SSSR count). The Kier molecular flexibility index (Phi) is 7.44. The number of hydrogen-bond acceptors (Lipinski definition) is 9. The zero-order valence-corrected chi connectivity index (χ0v) is 32.0. The van der Waals surface area contributed by atoms with Crippen molar-refractivity contribution in [2.75, 3.05) is 0 Å². The molecule has 0 saturated heterocycles. The number of hydrogen-bond donors (Lipinski definition) is 6. The summed E-state index contributed by atoms with van der Waals surface area (Å²) >= 11 is 0. The lowest BCUT2D eigenvalue weighted by atomic mass is 10.4. The van der Waals surface area contributed by atoms with Gasteiger partial charge in [0.15, 0.2) is 0 Å². The van der Waals surface area contributed by atoms with E-state index in [0.717, 1.165) is 100 Å². The van der Waals surface area contributed by atoms with Gasteiger partial charge in [0.25, 0.3) is 0 Å². The van der Waals surface area contributed by atoms with E-state index in [1.807, 2.05) is 41.5 Å². The Labute approximate surface area is 279 Å². The van der Waals surface area contributed by atoms with Crippen molar-refractivity contribution in [1.82, 2.24) is 61.2 Å². The molecule has 0 fully saturated rings. The number of nitrogens with one attached hydrogen (secondary N) is 6. The highest BCUT2D eigenvalue weighted by molar-refractivity contribution is 8.00. The van der Waals surface area contributed by atoms with E-state index >= 15 is 0 Å². The second-order valence-corrected chi connectivity index (χ2v) is 21.2. The quantitative estimate of drug-likeness (QED) is 0.139. The molecule has 0 amide bonds. The number of aromatic nitrogens is 12. The fourth-order valence-electron chi connectivity index (χ4n) is 7.51. The van der Waals surface area contributed by atoms with Gasteiger partial charge in [-0.1, -0.05) is 0 Å². The van der Waals surface area contributed by atoms with Gasteiger partial charge in [-0.15, -0.1) is 0 Å². The number of aromatic amines is 6. The SMILES string of the molecule is Cc1n[nH]c(C)c1P1(c2c(C)n[nH]c2C)=NP(c2c(C)n[nH]c2C)(c2c(C)n[nH]c2C)=NP(c2c(C)n[nH]c2C)(c2c(C)n[nH]c2C)=N1. The predicted octanol–water partition coefficient (Wildman–Crippen LogP) is 4.34. The molecule has 6 aromatic rings. The van der Waals surface area contributed by atoms with Gasteiger partial charge in [-0.25, -0.2) is 13.5 Å². The summed E-state index contributed by atoms with van der Waals surface area (Å²) in [5.41, 5.74) is 10.5. The lowest BCUT2D eigenvalue weighted by molar-refractivity contribution is 1.02. The van der Waals surface area contributed by atoms with Crippen LogP contribution in [0, 0.1) is 83.1 Å². The zero-order valence-electron chi connectivity index (χ0n) is 29.4. The normalized spacial score (nSPS) is 16.5. The van der Waals surface area contributed by atoms with Crippen molar-refractivity contribution in [2.45, 2.75) is 83.1 Å². The van der Waals surface area contributed by atoms with Crippen molar-refractivity contribution >= 4 is 53.4 Å². The number of rotatable bonds is 6. The molecule has 1 aliphatic rings. The van der Waals surface area contributed by atoms with Gasteiger partial charge < -0.3 is 0 Å². The second kappa shape index (κ2) is 11.0. The van der Waals surface area contributed by atoms with Crippen LogP contribution in [-0.2, 0) is 0 Å². The Morgan fingerprint density at radius 3 is 0.521 bits per heavy atom. The van der Waals surface area contributed by atoms with Gasteiger partial charge in [-0.2, -0.15) is 30.6 Å². The molecule has 6 aromatic heterocycles. The molecular formula is C30H42N15P3. The molecule has 0 saturated carbocycles. The van der Waals surface area contributed by atoms with Crippen molar-refractivity contribution in [1.29, 1.82) is 0 Å². The third-order valence-corrected chi connectivity index (χ3v) is 23.1. The lowest BCUT2D eigenvalue weighted by Crippen LogP contribution is -2.30. The smallest absolute Gasteiger partial charge is 0.145 e. The summed E-state index contributed by atoms with van der Waals surface area (Å²) in [4.78, 5) is 0. The maximum atomic E-state index is 6.25. The molecular weight excluding hydrogens is 663 g/mol. The molecule has 15 nitrogen and oxygen atoms in total. The summed E-state index contributed by atoms with van der Waals surface area (Å²) in [5, 5.41) is 54.2. The van der Waals surface area contributed by atoms with E-state index in [-0.39, 0.29) is 0 Å². The highest BCUT2D eigenvalue weighted by Crippen LogP contribution is 2.77. The van der Waals surface area contributed by atoms with Gasteiger partial charge in [-0.05, 0) is 83.1 Å². The van der Waals surface area contributed by atoms with Crippen LogP contribution in [0.15, 0.2) is 13.5 Å². The first kappa shape index (κ1) is 32.5. The lowest BCUT2D eigenvalue weighted by Gasteiger charge is -2.38. The molecule has 0 aromatic carbocycles. The Hall–Kier alpha value is -4.05. The first-order valence-electron chi connectivity index (χ1n) is 15.7. The molecule has 18 heteroatoms. The van der Waals surface area contributed by atoms with Crippen molar-refractivity contribution in [2.24, 2.45) is 13.5 Å². The third kappa shape index (κ3) is 4.30. The van der Waals surface area contributed by atoms with Gasteiger partial charge in [0.05, 0.1) is 66.0 Å². The Morgan fingerprint density at radius 1 is 0.271 bits per heavy atom. The Balaban J connectivity index is 1.95. The van der Waals surface area contributed by atoms with E-state index in [9.17, 15) is 0 Å². The topological polar surface area (TPSA) is 209 Å². The molecule has 0 spiro atoms. The fourth-order valence-corrected chi connectivity index (χ4v) is 24.5. The first-order valence-corrected chi connectivity index (χ1v) is 20.8. The molecule has 1 aliphatic heterocycles. The summed E-state index contributed by atoms with van der Waals surface area (Å²) in [6, 6.07) is 0.